The smallest absolute Gasteiger partial charge is 0.457 e. The molecule has 296 valence electrons. The Balaban J connectivity index is 1.62. The molecule has 13 heteroatoms. The van der Waals surface area contributed by atoms with Crippen LogP contribution >= 0.6 is 0 Å². The van der Waals surface area contributed by atoms with Crippen molar-refractivity contribution in [2.45, 2.75) is 142 Å². The van der Waals surface area contributed by atoms with Gasteiger partial charge in [-0.1, -0.05) is 87.4 Å². The number of benzene rings is 2. The average Bonchev–Trinajstić information content (AvgIpc) is 3.59. The van der Waals surface area contributed by atoms with Crippen molar-refractivity contribution in [2.24, 2.45) is 5.92 Å². The first kappa shape index (κ1) is 42.6. The molecule has 2 fully saturated rings. The summed E-state index contributed by atoms with van der Waals surface area (Å²) in [7, 11) is 1.23. The molecule has 2 aliphatic rings. The number of ether oxygens (including phenoxy) is 3. The largest absolute Gasteiger partial charge is 0.459 e. The van der Waals surface area contributed by atoms with Crippen LogP contribution in [0.15, 0.2) is 60.7 Å². The number of nitrogens with zero attached hydrogens (tertiary/aromatic N) is 2. The molecule has 3 atom stereocenters. The number of alkyl carbamates (subject to hydrolysis) is 1. The van der Waals surface area contributed by atoms with Crippen molar-refractivity contribution >= 4 is 31.2 Å². The Morgan fingerprint density at radius 3 is 1.94 bits per heavy atom. The van der Waals surface area contributed by atoms with E-state index in [0.717, 1.165) is 11.1 Å². The summed E-state index contributed by atoms with van der Waals surface area (Å²) in [6, 6.07) is 17.1. The maximum atomic E-state index is 14.5. The van der Waals surface area contributed by atoms with Gasteiger partial charge < -0.3 is 33.7 Å². The second-order valence-electron chi connectivity index (χ2n) is 16.9. The third kappa shape index (κ3) is 10.8. The minimum atomic E-state index is -1.45. The summed E-state index contributed by atoms with van der Waals surface area (Å²) in [6.07, 6.45) is 0.741. The Morgan fingerprint density at radius 1 is 0.889 bits per heavy atom. The van der Waals surface area contributed by atoms with Crippen LogP contribution in [0.1, 0.15) is 99.1 Å². The summed E-state index contributed by atoms with van der Waals surface area (Å²) in [4.78, 5) is 58.5. The van der Waals surface area contributed by atoms with E-state index in [1.165, 1.54) is 9.80 Å². The number of likely N-dealkylation sites (tertiary alicyclic amines) is 1. The number of esters is 1. The lowest BCUT2D eigenvalue weighted by molar-refractivity contribution is -0.158. The van der Waals surface area contributed by atoms with Crippen molar-refractivity contribution in [3.05, 3.63) is 71.8 Å². The van der Waals surface area contributed by atoms with Crippen LogP contribution in [0.25, 0.3) is 0 Å². The first-order valence-electron chi connectivity index (χ1n) is 19.1. The first-order valence-corrected chi connectivity index (χ1v) is 19.1. The highest BCUT2D eigenvalue weighted by Gasteiger charge is 2.57. The molecule has 12 nitrogen and oxygen atoms in total. The van der Waals surface area contributed by atoms with Gasteiger partial charge >= 0.3 is 25.3 Å². The van der Waals surface area contributed by atoms with Gasteiger partial charge in [0.1, 0.15) is 30.4 Å². The van der Waals surface area contributed by atoms with Crippen LogP contribution in [0.2, 0.25) is 6.32 Å². The van der Waals surface area contributed by atoms with Gasteiger partial charge in [0.2, 0.25) is 5.91 Å². The molecule has 2 aromatic carbocycles. The third-order valence-electron chi connectivity index (χ3n) is 10.6. The number of unbranched alkanes of at least 4 members (excludes halogenated alkanes) is 1. The van der Waals surface area contributed by atoms with Crippen molar-refractivity contribution in [3.63, 3.8) is 0 Å². The van der Waals surface area contributed by atoms with Crippen LogP contribution in [0, 0.1) is 5.92 Å². The Labute approximate surface area is 321 Å². The van der Waals surface area contributed by atoms with E-state index in [1.807, 2.05) is 102 Å². The van der Waals surface area contributed by atoms with Crippen LogP contribution in [0.5, 0.6) is 0 Å². The minimum absolute atomic E-state index is 0.00190. The quantitative estimate of drug-likeness (QED) is 0.0926. The summed E-state index contributed by atoms with van der Waals surface area (Å²) in [5.74, 6) is -1.22. The summed E-state index contributed by atoms with van der Waals surface area (Å²) >= 11 is 0. The molecule has 0 saturated carbocycles. The molecule has 4 rings (SSSR count). The van der Waals surface area contributed by atoms with Gasteiger partial charge in [-0.2, -0.15) is 0 Å². The summed E-state index contributed by atoms with van der Waals surface area (Å²) in [5.41, 5.74) is -1.56. The normalized spacial score (nSPS) is 21.1. The predicted octanol–water partition coefficient (Wildman–Crippen LogP) is 7.15. The minimum Gasteiger partial charge on any atom is -0.459 e. The zero-order chi connectivity index (χ0) is 39.9. The highest BCUT2D eigenvalue weighted by Crippen LogP contribution is 2.41. The Bertz CT molecular complexity index is 1570. The lowest BCUT2D eigenvalue weighted by atomic mass is 9.80. The maximum Gasteiger partial charge on any atom is 0.457 e. The molecule has 0 unspecified atom stereocenters. The molecule has 0 bridgehead atoms. The zero-order valence-electron chi connectivity index (χ0n) is 33.8. The predicted molar refractivity (Wildman–Crippen MR) is 206 cm³/mol. The second kappa shape index (κ2) is 17.6. The molecule has 2 aliphatic heterocycles. The van der Waals surface area contributed by atoms with E-state index < -0.39 is 59.7 Å². The number of hydrogen-bond acceptors (Lipinski definition) is 9. The van der Waals surface area contributed by atoms with E-state index in [2.05, 4.69) is 5.32 Å². The summed E-state index contributed by atoms with van der Waals surface area (Å²) in [5, 5.41) is 2.74. The van der Waals surface area contributed by atoms with E-state index in [1.54, 1.807) is 27.8 Å². The van der Waals surface area contributed by atoms with Crippen LogP contribution in [-0.4, -0.2) is 89.0 Å². The number of nitrogens with one attached hydrogen (secondary N) is 1. The van der Waals surface area contributed by atoms with Gasteiger partial charge in [0, 0.05) is 20.0 Å². The van der Waals surface area contributed by atoms with Gasteiger partial charge in [-0.3, -0.25) is 9.69 Å². The van der Waals surface area contributed by atoms with Crippen molar-refractivity contribution in [1.29, 1.82) is 0 Å². The lowest BCUT2D eigenvalue weighted by Gasteiger charge is -2.35. The molecular formula is C41H60BN3O9. The molecule has 2 aromatic rings. The van der Waals surface area contributed by atoms with E-state index >= 15 is 0 Å². The highest BCUT2D eigenvalue weighted by molar-refractivity contribution is 6.45. The molecule has 0 radical (unpaired) electrons. The van der Waals surface area contributed by atoms with Crippen LogP contribution in [0.4, 0.5) is 9.59 Å². The summed E-state index contributed by atoms with van der Waals surface area (Å²) in [6.45, 7) is 17.0. The molecule has 2 heterocycles. The molecule has 0 aromatic heterocycles. The third-order valence-corrected chi connectivity index (χ3v) is 10.6. The number of amides is 3. The standard InChI is InChI=1S/C41H60BN3O9/c1-29(2)33(43-36(48)52-38(3,4)5)34(46)44(10)32-25-41(35(47)50-27-30-19-13-11-14-20-30,23-17-18-24-42-53-39(6,7)40(8,9)54-42)45(26-32)37(49)51-28-31-21-15-12-16-22-31/h11-16,19-22,29,32-33H,17-18,23-28H2,1-10H3,(H,43,48)/t32-,33+,41-/m1/s1. The summed E-state index contributed by atoms with van der Waals surface area (Å²) < 4.78 is 29.7. The van der Waals surface area contributed by atoms with Gasteiger partial charge in [-0.05, 0) is 78.3 Å². The van der Waals surface area contributed by atoms with Gasteiger partial charge in [0.15, 0.2) is 0 Å². The average molecular weight is 750 g/mol. The second-order valence-corrected chi connectivity index (χ2v) is 16.9. The fraction of sp³-hybridized carbons (Fsp3) is 0.610. The zero-order valence-corrected chi connectivity index (χ0v) is 33.8. The van der Waals surface area contributed by atoms with Crippen LogP contribution in [0.3, 0.4) is 0 Å². The molecule has 0 aliphatic carbocycles. The molecule has 0 spiro atoms. The monoisotopic (exact) mass is 749 g/mol. The maximum absolute atomic E-state index is 14.5. The van der Waals surface area contributed by atoms with Gasteiger partial charge in [0.05, 0.1) is 17.2 Å². The van der Waals surface area contributed by atoms with E-state index in [4.69, 9.17) is 23.5 Å². The number of likely N-dealkylation sites (N-methyl/N-ethyl adjacent to an activating group) is 1. The number of rotatable bonds is 14. The molecule has 3 amide bonds. The van der Waals surface area contributed by atoms with Gasteiger partial charge in [-0.25, -0.2) is 14.4 Å². The van der Waals surface area contributed by atoms with Gasteiger partial charge in [-0.15, -0.1) is 0 Å². The van der Waals surface area contributed by atoms with Crippen molar-refractivity contribution in [2.75, 3.05) is 13.6 Å². The van der Waals surface area contributed by atoms with Crippen molar-refractivity contribution in [3.8, 4) is 0 Å². The Hall–Kier alpha value is -4.10. The first-order chi connectivity index (χ1) is 25.2. The van der Waals surface area contributed by atoms with Crippen molar-refractivity contribution < 1.29 is 42.7 Å². The molecule has 54 heavy (non-hydrogen) atoms. The van der Waals surface area contributed by atoms with E-state index in [-0.39, 0.29) is 44.4 Å². The van der Waals surface area contributed by atoms with Crippen molar-refractivity contribution in [1.82, 2.24) is 15.1 Å². The van der Waals surface area contributed by atoms with E-state index in [9.17, 15) is 19.2 Å². The van der Waals surface area contributed by atoms with Crippen LogP contribution in [-0.2, 0) is 46.3 Å². The molecule has 2 saturated heterocycles. The SMILES string of the molecule is CC(C)[C@H](NC(=O)OC(C)(C)C)C(=O)N(C)[C@H]1CN(C(=O)OCc2ccccc2)[C@@](CCCCB2OC(C)(C)C(C)(C)O2)(C(=O)OCc2ccccc2)C1. The molecular weight excluding hydrogens is 689 g/mol. The number of carbonyl (C=O) groups is 4. The lowest BCUT2D eigenvalue weighted by Crippen LogP contribution is -2.54. The topological polar surface area (TPSA) is 133 Å². The Kier molecular flexibility index (Phi) is 13.9. The Morgan fingerprint density at radius 2 is 1.43 bits per heavy atom. The highest BCUT2D eigenvalue weighted by atomic mass is 16.7. The molecule has 1 N–H and O–H groups in total. The fourth-order valence-corrected chi connectivity index (χ4v) is 6.80. The van der Waals surface area contributed by atoms with Gasteiger partial charge in [0.25, 0.3) is 0 Å². The fourth-order valence-electron chi connectivity index (χ4n) is 6.80. The van der Waals surface area contributed by atoms with Crippen LogP contribution < -0.4 is 5.32 Å². The number of carbonyl (C=O) groups excluding carboxylic acids is 4. The van der Waals surface area contributed by atoms with E-state index in [0.29, 0.717) is 19.2 Å². The number of hydrogen-bond donors (Lipinski definition) is 1.